The number of aromatic nitrogens is 5. The van der Waals surface area contributed by atoms with Gasteiger partial charge in [0, 0.05) is 55.5 Å². The summed E-state index contributed by atoms with van der Waals surface area (Å²) in [5.41, 5.74) is 6.45. The van der Waals surface area contributed by atoms with E-state index in [9.17, 15) is 4.79 Å². The van der Waals surface area contributed by atoms with Gasteiger partial charge in [0.2, 0.25) is 5.91 Å². The van der Waals surface area contributed by atoms with Gasteiger partial charge in [-0.15, -0.1) is 0 Å². The number of hydrogen-bond acceptors (Lipinski definition) is 5. The third kappa shape index (κ3) is 2.93. The van der Waals surface area contributed by atoms with Gasteiger partial charge in [0.25, 0.3) is 0 Å². The minimum atomic E-state index is -0.00993. The normalized spacial score (nSPS) is 16.2. The predicted molar refractivity (Wildman–Crippen MR) is 112 cm³/mol. The molecule has 8 nitrogen and oxygen atoms in total. The van der Waals surface area contributed by atoms with Crippen molar-refractivity contribution in [1.29, 1.82) is 0 Å². The largest absolute Gasteiger partial charge is 0.380 e. The average molecular weight is 387 g/mol. The second-order valence-electron chi connectivity index (χ2n) is 7.51. The number of benzene rings is 1. The zero-order chi connectivity index (χ0) is 20.1. The van der Waals surface area contributed by atoms with Gasteiger partial charge in [-0.25, -0.2) is 0 Å². The molecule has 3 aromatic heterocycles. The fourth-order valence-corrected chi connectivity index (χ4v) is 3.90. The first kappa shape index (κ1) is 17.4. The van der Waals surface area contributed by atoms with Crippen LogP contribution in [0.25, 0.3) is 33.3 Å². The van der Waals surface area contributed by atoms with E-state index in [1.807, 2.05) is 44.3 Å². The van der Waals surface area contributed by atoms with Gasteiger partial charge in [0.05, 0.1) is 29.3 Å². The second kappa shape index (κ2) is 6.44. The van der Waals surface area contributed by atoms with Crippen LogP contribution in [-0.4, -0.2) is 36.5 Å². The van der Waals surface area contributed by atoms with Crippen LogP contribution >= 0.6 is 0 Å². The first-order chi connectivity index (χ1) is 14.0. The molecule has 0 unspecified atom stereocenters. The smallest absolute Gasteiger partial charge is 0.226 e. The SMILES string of the molecule is C[C@@H]1CC(=O)Nc2cncc(-c3ccc4c(c3)c(-c3cnn(C)c3)nn4C)c2N1. The lowest BCUT2D eigenvalue weighted by molar-refractivity contribution is -0.116. The van der Waals surface area contributed by atoms with Crippen molar-refractivity contribution in [2.45, 2.75) is 19.4 Å². The Bertz CT molecular complexity index is 1250. The number of rotatable bonds is 2. The summed E-state index contributed by atoms with van der Waals surface area (Å²) in [5, 5.41) is 16.4. The Kier molecular flexibility index (Phi) is 3.87. The summed E-state index contributed by atoms with van der Waals surface area (Å²) in [4.78, 5) is 16.4. The number of fused-ring (bicyclic) bond motifs is 2. The summed E-state index contributed by atoms with van der Waals surface area (Å²) >= 11 is 0. The van der Waals surface area contributed by atoms with Crippen molar-refractivity contribution in [3.8, 4) is 22.4 Å². The van der Waals surface area contributed by atoms with Crippen molar-refractivity contribution in [3.63, 3.8) is 0 Å². The maximum absolute atomic E-state index is 12.1. The van der Waals surface area contributed by atoms with E-state index in [0.717, 1.165) is 39.0 Å². The summed E-state index contributed by atoms with van der Waals surface area (Å²) in [7, 11) is 3.84. The molecule has 0 saturated heterocycles. The van der Waals surface area contributed by atoms with E-state index in [1.165, 1.54) is 0 Å². The first-order valence-electron chi connectivity index (χ1n) is 9.50. The number of carbonyl (C=O) groups excluding carboxylic acids is 1. The van der Waals surface area contributed by atoms with Crippen LogP contribution in [0.15, 0.2) is 43.0 Å². The highest BCUT2D eigenvalue weighted by Crippen LogP contribution is 2.38. The van der Waals surface area contributed by atoms with Crippen LogP contribution in [0.2, 0.25) is 0 Å². The molecular weight excluding hydrogens is 366 g/mol. The molecule has 0 saturated carbocycles. The van der Waals surface area contributed by atoms with Crippen LogP contribution in [0.5, 0.6) is 0 Å². The van der Waals surface area contributed by atoms with Gasteiger partial charge < -0.3 is 10.6 Å². The van der Waals surface area contributed by atoms with Crippen LogP contribution in [0, 0.1) is 0 Å². The lowest BCUT2D eigenvalue weighted by Gasteiger charge is -2.16. The summed E-state index contributed by atoms with van der Waals surface area (Å²) in [6, 6.07) is 6.29. The van der Waals surface area contributed by atoms with E-state index < -0.39 is 0 Å². The van der Waals surface area contributed by atoms with E-state index in [0.29, 0.717) is 12.1 Å². The molecule has 1 aromatic carbocycles. The number of nitrogens with one attached hydrogen (secondary N) is 2. The molecule has 0 fully saturated rings. The number of anilines is 2. The number of hydrogen-bond donors (Lipinski definition) is 2. The Labute approximate surface area is 167 Å². The molecular formula is C21H21N7O. The van der Waals surface area contributed by atoms with E-state index >= 15 is 0 Å². The molecule has 0 bridgehead atoms. The molecule has 1 aliphatic heterocycles. The molecule has 2 N–H and O–H groups in total. The Morgan fingerprint density at radius 3 is 2.79 bits per heavy atom. The zero-order valence-electron chi connectivity index (χ0n) is 16.5. The van der Waals surface area contributed by atoms with E-state index in [1.54, 1.807) is 10.9 Å². The maximum atomic E-state index is 12.1. The molecule has 146 valence electrons. The van der Waals surface area contributed by atoms with Crippen LogP contribution in [0.3, 0.4) is 0 Å². The Morgan fingerprint density at radius 1 is 1.14 bits per heavy atom. The van der Waals surface area contributed by atoms with Crippen LogP contribution in [0.1, 0.15) is 13.3 Å². The number of pyridine rings is 1. The number of nitrogens with zero attached hydrogens (tertiary/aromatic N) is 5. The van der Waals surface area contributed by atoms with Crippen molar-refractivity contribution >= 4 is 28.2 Å². The highest BCUT2D eigenvalue weighted by atomic mass is 16.1. The highest BCUT2D eigenvalue weighted by Gasteiger charge is 2.21. The number of aryl methyl sites for hydroxylation is 2. The summed E-state index contributed by atoms with van der Waals surface area (Å²) in [6.45, 7) is 2.00. The van der Waals surface area contributed by atoms with Crippen molar-refractivity contribution in [2.75, 3.05) is 10.6 Å². The van der Waals surface area contributed by atoms with Gasteiger partial charge in [-0.05, 0) is 24.6 Å². The Morgan fingerprint density at radius 2 is 2.00 bits per heavy atom. The summed E-state index contributed by atoms with van der Waals surface area (Å²) in [5.74, 6) is -0.00993. The lowest BCUT2D eigenvalue weighted by atomic mass is 10.0. The lowest BCUT2D eigenvalue weighted by Crippen LogP contribution is -2.19. The highest BCUT2D eigenvalue weighted by molar-refractivity contribution is 6.01. The van der Waals surface area contributed by atoms with Crippen molar-refractivity contribution in [3.05, 3.63) is 43.0 Å². The van der Waals surface area contributed by atoms with Crippen LogP contribution in [-0.2, 0) is 18.9 Å². The molecule has 0 radical (unpaired) electrons. The van der Waals surface area contributed by atoms with Gasteiger partial charge in [0.1, 0.15) is 5.69 Å². The van der Waals surface area contributed by atoms with Gasteiger partial charge >= 0.3 is 0 Å². The van der Waals surface area contributed by atoms with Crippen molar-refractivity contribution in [1.82, 2.24) is 24.5 Å². The molecule has 0 spiro atoms. The maximum Gasteiger partial charge on any atom is 0.226 e. The molecule has 5 rings (SSSR count). The van der Waals surface area contributed by atoms with Crippen molar-refractivity contribution < 1.29 is 4.79 Å². The third-order valence-corrected chi connectivity index (χ3v) is 5.24. The van der Waals surface area contributed by atoms with E-state index in [-0.39, 0.29) is 11.9 Å². The van der Waals surface area contributed by atoms with Gasteiger partial charge in [-0.2, -0.15) is 10.2 Å². The molecule has 8 heteroatoms. The van der Waals surface area contributed by atoms with Gasteiger partial charge in [-0.3, -0.25) is 19.1 Å². The first-order valence-corrected chi connectivity index (χ1v) is 9.50. The quantitative estimate of drug-likeness (QED) is 0.551. The third-order valence-electron chi connectivity index (χ3n) is 5.24. The Balaban J connectivity index is 1.69. The molecule has 1 amide bonds. The van der Waals surface area contributed by atoms with Crippen LogP contribution < -0.4 is 10.6 Å². The molecule has 1 aliphatic rings. The molecule has 0 aliphatic carbocycles. The average Bonchev–Trinajstić information content (AvgIpc) is 3.21. The molecule has 1 atom stereocenters. The topological polar surface area (TPSA) is 89.7 Å². The fraction of sp³-hybridized carbons (Fsp3) is 0.238. The summed E-state index contributed by atoms with van der Waals surface area (Å²) in [6.07, 6.45) is 7.72. The monoisotopic (exact) mass is 387 g/mol. The van der Waals surface area contributed by atoms with Gasteiger partial charge in [0.15, 0.2) is 0 Å². The molecule has 29 heavy (non-hydrogen) atoms. The van der Waals surface area contributed by atoms with E-state index in [4.69, 9.17) is 5.10 Å². The summed E-state index contributed by atoms with van der Waals surface area (Å²) < 4.78 is 3.65. The zero-order valence-corrected chi connectivity index (χ0v) is 16.5. The minimum Gasteiger partial charge on any atom is -0.380 e. The fourth-order valence-electron chi connectivity index (χ4n) is 3.90. The Hall–Kier alpha value is -3.68. The second-order valence-corrected chi connectivity index (χ2v) is 7.51. The van der Waals surface area contributed by atoms with Crippen LogP contribution in [0.4, 0.5) is 11.4 Å². The van der Waals surface area contributed by atoms with E-state index in [2.05, 4.69) is 38.9 Å². The predicted octanol–water partition coefficient (Wildman–Crippen LogP) is 3.18. The van der Waals surface area contributed by atoms with Crippen molar-refractivity contribution in [2.24, 2.45) is 14.1 Å². The molecule has 4 aromatic rings. The standard InChI is InChI=1S/C21H21N7O/c1-12-6-19(29)25-17-10-22-9-16(21(17)24-12)13-4-5-18-15(7-13)20(26-28(18)3)14-8-23-27(2)11-14/h4-5,7-12,24H,6H2,1-3H3,(H,25,29)/t12-/m1/s1. The number of carbonyl (C=O) groups is 1. The molecule has 4 heterocycles. The minimum absolute atomic E-state index is 0.00993. The number of amides is 1. The van der Waals surface area contributed by atoms with Gasteiger partial charge in [-0.1, -0.05) is 6.07 Å².